The molecule has 0 spiro atoms. The van der Waals surface area contributed by atoms with Crippen molar-refractivity contribution in [3.8, 4) is 11.5 Å². The summed E-state index contributed by atoms with van der Waals surface area (Å²) in [6.45, 7) is 7.78. The Hall–Kier alpha value is -2.35. The van der Waals surface area contributed by atoms with Gasteiger partial charge >= 0.3 is 0 Å². The molecule has 1 unspecified atom stereocenters. The van der Waals surface area contributed by atoms with Gasteiger partial charge in [-0.05, 0) is 49.7 Å². The quantitative estimate of drug-likeness (QED) is 0.664. The highest BCUT2D eigenvalue weighted by atomic mass is 32.2. The van der Waals surface area contributed by atoms with E-state index in [0.29, 0.717) is 22.4 Å². The first-order chi connectivity index (χ1) is 14.0. The number of ether oxygens (including phenoxy) is 1. The van der Waals surface area contributed by atoms with Gasteiger partial charge in [0, 0.05) is 43.2 Å². The highest BCUT2D eigenvalue weighted by Gasteiger charge is 2.20. The standard InChI is InChI=1S/C22H26N2O4S/c1-15-4-5-20(26-3)21(10-15)28-29(25)19-11-17-6-9-27-22(17)18(12-19)14-24-8-7-23-16(2)13-24/h4-6,9-12,16,23H,7-8,13-14H2,1-3H3/t16-,29?/m0/s1. The largest absolute Gasteiger partial charge is 0.493 e. The van der Waals surface area contributed by atoms with Crippen molar-refractivity contribution in [2.45, 2.75) is 31.3 Å². The van der Waals surface area contributed by atoms with Crippen molar-refractivity contribution in [1.29, 1.82) is 0 Å². The molecule has 0 aliphatic carbocycles. The lowest BCUT2D eigenvalue weighted by atomic mass is 10.1. The number of methoxy groups -OCH3 is 1. The number of fused-ring (bicyclic) bond motifs is 1. The van der Waals surface area contributed by atoms with E-state index in [1.54, 1.807) is 13.4 Å². The molecule has 1 aliphatic heterocycles. The molecule has 1 N–H and O–H groups in total. The summed E-state index contributed by atoms with van der Waals surface area (Å²) in [5, 5.41) is 4.38. The normalized spacial score (nSPS) is 18.7. The van der Waals surface area contributed by atoms with Gasteiger partial charge in [0.1, 0.15) is 5.58 Å². The molecule has 29 heavy (non-hydrogen) atoms. The molecular weight excluding hydrogens is 388 g/mol. The Kier molecular flexibility index (Phi) is 5.89. The number of hydrogen-bond donors (Lipinski definition) is 1. The minimum atomic E-state index is -1.67. The van der Waals surface area contributed by atoms with Gasteiger partial charge in [0.25, 0.3) is 0 Å². The van der Waals surface area contributed by atoms with Gasteiger partial charge in [0.2, 0.25) is 11.1 Å². The van der Waals surface area contributed by atoms with Crippen LogP contribution in [0.25, 0.3) is 11.0 Å². The van der Waals surface area contributed by atoms with Crippen LogP contribution >= 0.6 is 0 Å². The molecule has 2 heterocycles. The van der Waals surface area contributed by atoms with Crippen LogP contribution in [0, 0.1) is 6.92 Å². The van der Waals surface area contributed by atoms with Crippen LogP contribution in [0.5, 0.6) is 11.5 Å². The van der Waals surface area contributed by atoms with Crippen molar-refractivity contribution in [2.24, 2.45) is 0 Å². The summed E-state index contributed by atoms with van der Waals surface area (Å²) in [4.78, 5) is 3.00. The van der Waals surface area contributed by atoms with E-state index in [-0.39, 0.29) is 0 Å². The summed E-state index contributed by atoms with van der Waals surface area (Å²) < 4.78 is 29.9. The predicted molar refractivity (Wildman–Crippen MR) is 114 cm³/mol. The SMILES string of the molecule is COc1ccc(C)cc1OS(=O)c1cc(CN2CCN[C@@H](C)C2)c2occc2c1. The van der Waals surface area contributed by atoms with Gasteiger partial charge in [-0.15, -0.1) is 0 Å². The Morgan fingerprint density at radius 3 is 2.90 bits per heavy atom. The van der Waals surface area contributed by atoms with Crippen LogP contribution in [0.4, 0.5) is 0 Å². The van der Waals surface area contributed by atoms with E-state index in [2.05, 4.69) is 17.1 Å². The van der Waals surface area contributed by atoms with E-state index in [0.717, 1.165) is 48.3 Å². The lowest BCUT2D eigenvalue weighted by molar-refractivity contribution is 0.199. The van der Waals surface area contributed by atoms with Crippen molar-refractivity contribution in [3.63, 3.8) is 0 Å². The maximum atomic E-state index is 13.0. The molecule has 1 fully saturated rings. The predicted octanol–water partition coefficient (Wildman–Crippen LogP) is 3.65. The monoisotopic (exact) mass is 414 g/mol. The van der Waals surface area contributed by atoms with E-state index in [1.165, 1.54) is 0 Å². The molecule has 3 aromatic rings. The van der Waals surface area contributed by atoms with Gasteiger partial charge in [0.05, 0.1) is 18.3 Å². The third-order valence-corrected chi connectivity index (χ3v) is 6.08. The number of nitrogens with one attached hydrogen (secondary N) is 1. The highest BCUT2D eigenvalue weighted by Crippen LogP contribution is 2.31. The fraction of sp³-hybridized carbons (Fsp3) is 0.364. The zero-order valence-electron chi connectivity index (χ0n) is 16.9. The third-order valence-electron chi connectivity index (χ3n) is 5.13. The first kappa shape index (κ1) is 19.9. The summed E-state index contributed by atoms with van der Waals surface area (Å²) in [6.07, 6.45) is 1.67. The van der Waals surface area contributed by atoms with Crippen LogP contribution in [0.15, 0.2) is 52.0 Å². The Morgan fingerprint density at radius 2 is 2.10 bits per heavy atom. The molecule has 4 rings (SSSR count). The van der Waals surface area contributed by atoms with Gasteiger partial charge in [0.15, 0.2) is 11.5 Å². The number of furan rings is 1. The maximum Gasteiger partial charge on any atom is 0.240 e. The van der Waals surface area contributed by atoms with Crippen molar-refractivity contribution in [2.75, 3.05) is 26.7 Å². The first-order valence-electron chi connectivity index (χ1n) is 9.74. The lowest BCUT2D eigenvalue weighted by Gasteiger charge is -2.31. The number of aryl methyl sites for hydroxylation is 1. The maximum absolute atomic E-state index is 13.0. The van der Waals surface area contributed by atoms with Crippen molar-refractivity contribution in [3.05, 3.63) is 53.8 Å². The second-order valence-corrected chi connectivity index (χ2v) is 8.59. The fourth-order valence-electron chi connectivity index (χ4n) is 3.72. The summed E-state index contributed by atoms with van der Waals surface area (Å²) in [5.74, 6) is 1.03. The summed E-state index contributed by atoms with van der Waals surface area (Å²) in [5.41, 5.74) is 2.87. The molecule has 1 aromatic heterocycles. The number of rotatable bonds is 6. The molecule has 2 aromatic carbocycles. The van der Waals surface area contributed by atoms with Crippen molar-refractivity contribution < 1.29 is 17.5 Å². The fourth-order valence-corrected chi connectivity index (χ4v) is 4.57. The Balaban J connectivity index is 1.62. The van der Waals surface area contributed by atoms with E-state index in [1.807, 2.05) is 43.3 Å². The molecule has 0 bridgehead atoms. The smallest absolute Gasteiger partial charge is 0.240 e. The average molecular weight is 415 g/mol. The van der Waals surface area contributed by atoms with Gasteiger partial charge < -0.3 is 18.7 Å². The zero-order valence-corrected chi connectivity index (χ0v) is 17.8. The van der Waals surface area contributed by atoms with Crippen molar-refractivity contribution in [1.82, 2.24) is 10.2 Å². The van der Waals surface area contributed by atoms with Gasteiger partial charge in [-0.3, -0.25) is 4.90 Å². The Bertz CT molecular complexity index is 1030. The van der Waals surface area contributed by atoms with Crippen LogP contribution in [0.3, 0.4) is 0 Å². The van der Waals surface area contributed by atoms with E-state index in [4.69, 9.17) is 13.3 Å². The van der Waals surface area contributed by atoms with Gasteiger partial charge in [-0.2, -0.15) is 0 Å². The molecule has 7 heteroatoms. The third kappa shape index (κ3) is 4.47. The molecule has 0 saturated carbocycles. The van der Waals surface area contributed by atoms with Crippen LogP contribution in [0.1, 0.15) is 18.1 Å². The molecule has 0 amide bonds. The molecule has 1 aliphatic rings. The number of benzene rings is 2. The van der Waals surface area contributed by atoms with E-state index < -0.39 is 11.1 Å². The van der Waals surface area contributed by atoms with Crippen LogP contribution in [-0.4, -0.2) is 41.9 Å². The van der Waals surface area contributed by atoms with E-state index >= 15 is 0 Å². The van der Waals surface area contributed by atoms with Crippen LogP contribution < -0.4 is 14.2 Å². The lowest BCUT2D eigenvalue weighted by Crippen LogP contribution is -2.48. The van der Waals surface area contributed by atoms with Crippen LogP contribution in [-0.2, 0) is 17.6 Å². The van der Waals surface area contributed by atoms with Crippen molar-refractivity contribution >= 4 is 22.0 Å². The second-order valence-electron chi connectivity index (χ2n) is 7.48. The topological polar surface area (TPSA) is 63.9 Å². The van der Waals surface area contributed by atoms with Gasteiger partial charge in [-0.1, -0.05) is 6.07 Å². The summed E-state index contributed by atoms with van der Waals surface area (Å²) in [7, 11) is 1.57. The average Bonchev–Trinajstić information content (AvgIpc) is 3.17. The summed E-state index contributed by atoms with van der Waals surface area (Å²) in [6, 6.07) is 11.7. The molecule has 2 atom stereocenters. The number of piperazine rings is 1. The molecule has 154 valence electrons. The van der Waals surface area contributed by atoms with Crippen LogP contribution in [0.2, 0.25) is 0 Å². The Labute approximate surface area is 173 Å². The first-order valence-corrected chi connectivity index (χ1v) is 10.8. The highest BCUT2D eigenvalue weighted by molar-refractivity contribution is 7.80. The molecule has 6 nitrogen and oxygen atoms in total. The zero-order chi connectivity index (χ0) is 20.4. The number of hydrogen-bond acceptors (Lipinski definition) is 6. The minimum absolute atomic E-state index is 0.449. The Morgan fingerprint density at radius 1 is 1.24 bits per heavy atom. The number of nitrogens with zero attached hydrogens (tertiary/aromatic N) is 1. The van der Waals surface area contributed by atoms with E-state index in [9.17, 15) is 4.21 Å². The summed E-state index contributed by atoms with van der Waals surface area (Å²) >= 11 is -1.67. The van der Waals surface area contributed by atoms with Gasteiger partial charge in [-0.25, -0.2) is 4.21 Å². The second kappa shape index (κ2) is 8.57. The molecular formula is C22H26N2O4S. The minimum Gasteiger partial charge on any atom is -0.493 e. The molecule has 1 saturated heterocycles. The molecule has 0 radical (unpaired) electrons.